The quantitative estimate of drug-likeness (QED) is 0.550. The van der Waals surface area contributed by atoms with Crippen molar-refractivity contribution in [1.82, 2.24) is 10.6 Å². The van der Waals surface area contributed by atoms with Crippen LogP contribution < -0.4 is 20.1 Å². The van der Waals surface area contributed by atoms with E-state index < -0.39 is 24.5 Å². The van der Waals surface area contributed by atoms with Gasteiger partial charge < -0.3 is 19.5 Å². The molecule has 0 radical (unpaired) electrons. The first-order valence-corrected chi connectivity index (χ1v) is 7.48. The van der Waals surface area contributed by atoms with Crippen molar-refractivity contribution in [3.8, 4) is 11.5 Å². The SMILES string of the molecule is CCCCNC(=O)NC(=O)COC(=O)c1ccc(OC)c(OC)c1. The van der Waals surface area contributed by atoms with Gasteiger partial charge in [-0.3, -0.25) is 10.1 Å². The summed E-state index contributed by atoms with van der Waals surface area (Å²) in [6.45, 7) is 1.90. The first-order valence-electron chi connectivity index (χ1n) is 7.48. The van der Waals surface area contributed by atoms with Crippen molar-refractivity contribution >= 4 is 17.9 Å². The molecule has 8 heteroatoms. The summed E-state index contributed by atoms with van der Waals surface area (Å²) in [5, 5.41) is 4.60. The first kappa shape index (κ1) is 19.3. The third-order valence-electron chi connectivity index (χ3n) is 3.02. The summed E-state index contributed by atoms with van der Waals surface area (Å²) in [4.78, 5) is 34.8. The van der Waals surface area contributed by atoms with Crippen LogP contribution in [-0.2, 0) is 9.53 Å². The molecule has 0 aliphatic carbocycles. The van der Waals surface area contributed by atoms with Crippen molar-refractivity contribution in [2.24, 2.45) is 0 Å². The fraction of sp³-hybridized carbons (Fsp3) is 0.438. The van der Waals surface area contributed by atoms with Gasteiger partial charge in [0.05, 0.1) is 19.8 Å². The molecule has 24 heavy (non-hydrogen) atoms. The highest BCUT2D eigenvalue weighted by atomic mass is 16.5. The van der Waals surface area contributed by atoms with E-state index in [1.165, 1.54) is 26.4 Å². The molecule has 0 heterocycles. The maximum Gasteiger partial charge on any atom is 0.338 e. The minimum absolute atomic E-state index is 0.202. The number of esters is 1. The Morgan fingerprint density at radius 3 is 2.42 bits per heavy atom. The first-order chi connectivity index (χ1) is 11.5. The lowest BCUT2D eigenvalue weighted by molar-refractivity contribution is -0.123. The zero-order chi connectivity index (χ0) is 17.9. The third kappa shape index (κ3) is 6.15. The lowest BCUT2D eigenvalue weighted by atomic mass is 10.2. The predicted octanol–water partition coefficient (Wildman–Crippen LogP) is 1.49. The smallest absolute Gasteiger partial charge is 0.338 e. The summed E-state index contributed by atoms with van der Waals surface area (Å²) in [6.07, 6.45) is 1.74. The van der Waals surface area contributed by atoms with Crippen LogP contribution in [0.2, 0.25) is 0 Å². The minimum Gasteiger partial charge on any atom is -0.493 e. The second-order valence-electron chi connectivity index (χ2n) is 4.80. The number of hydrogen-bond donors (Lipinski definition) is 2. The van der Waals surface area contributed by atoms with E-state index >= 15 is 0 Å². The molecule has 0 atom stereocenters. The maximum absolute atomic E-state index is 11.9. The van der Waals surface area contributed by atoms with Crippen molar-refractivity contribution in [1.29, 1.82) is 0 Å². The Morgan fingerprint density at radius 1 is 1.08 bits per heavy atom. The van der Waals surface area contributed by atoms with Gasteiger partial charge >= 0.3 is 12.0 Å². The molecular formula is C16H22N2O6. The number of carbonyl (C=O) groups excluding carboxylic acids is 3. The van der Waals surface area contributed by atoms with Crippen LogP contribution in [0.15, 0.2) is 18.2 Å². The Balaban J connectivity index is 2.48. The van der Waals surface area contributed by atoms with Crippen LogP contribution in [-0.4, -0.2) is 45.3 Å². The van der Waals surface area contributed by atoms with Gasteiger partial charge in [0.25, 0.3) is 5.91 Å². The molecule has 0 saturated heterocycles. The molecule has 0 unspecified atom stereocenters. The van der Waals surface area contributed by atoms with Gasteiger partial charge in [0.15, 0.2) is 18.1 Å². The summed E-state index contributed by atoms with van der Waals surface area (Å²) in [5.41, 5.74) is 0.202. The molecule has 1 aromatic rings. The van der Waals surface area contributed by atoms with Crippen LogP contribution in [0.3, 0.4) is 0 Å². The predicted molar refractivity (Wildman–Crippen MR) is 86.3 cm³/mol. The number of carbonyl (C=O) groups is 3. The van der Waals surface area contributed by atoms with Gasteiger partial charge in [-0.25, -0.2) is 9.59 Å². The van der Waals surface area contributed by atoms with E-state index in [2.05, 4.69) is 10.6 Å². The summed E-state index contributed by atoms with van der Waals surface area (Å²) in [5.74, 6) is -0.586. The van der Waals surface area contributed by atoms with Crippen LogP contribution in [0.1, 0.15) is 30.1 Å². The molecule has 0 aliphatic heterocycles. The van der Waals surface area contributed by atoms with E-state index in [0.717, 1.165) is 12.8 Å². The molecule has 0 spiro atoms. The van der Waals surface area contributed by atoms with Gasteiger partial charge in [0.1, 0.15) is 0 Å². The van der Waals surface area contributed by atoms with E-state index in [-0.39, 0.29) is 5.56 Å². The standard InChI is InChI=1S/C16H22N2O6/c1-4-5-8-17-16(21)18-14(19)10-24-15(20)11-6-7-12(22-2)13(9-11)23-3/h6-7,9H,4-5,8,10H2,1-3H3,(H2,17,18,19,21). The number of benzene rings is 1. The summed E-state index contributed by atoms with van der Waals surface area (Å²) < 4.78 is 15.0. The van der Waals surface area contributed by atoms with Crippen LogP contribution in [0.5, 0.6) is 11.5 Å². The van der Waals surface area contributed by atoms with Crippen molar-refractivity contribution in [2.75, 3.05) is 27.4 Å². The van der Waals surface area contributed by atoms with Crippen molar-refractivity contribution in [3.05, 3.63) is 23.8 Å². The zero-order valence-electron chi connectivity index (χ0n) is 14.0. The Bertz CT molecular complexity index is 588. The molecule has 1 rings (SSSR count). The average Bonchev–Trinajstić information content (AvgIpc) is 2.59. The number of methoxy groups -OCH3 is 2. The van der Waals surface area contributed by atoms with Crippen LogP contribution >= 0.6 is 0 Å². The maximum atomic E-state index is 11.9. The molecule has 1 aromatic carbocycles. The number of ether oxygens (including phenoxy) is 3. The minimum atomic E-state index is -0.711. The number of amides is 3. The Kier molecular flexibility index (Phi) is 8.10. The van der Waals surface area contributed by atoms with Gasteiger partial charge in [-0.2, -0.15) is 0 Å². The number of urea groups is 1. The zero-order valence-corrected chi connectivity index (χ0v) is 14.0. The number of nitrogens with one attached hydrogen (secondary N) is 2. The molecule has 0 saturated carbocycles. The molecule has 2 N–H and O–H groups in total. The van der Waals surface area contributed by atoms with E-state index in [0.29, 0.717) is 18.0 Å². The molecule has 0 fully saturated rings. The number of rotatable bonds is 8. The number of unbranched alkanes of at least 4 members (excludes halogenated alkanes) is 1. The van der Waals surface area contributed by atoms with E-state index in [1.807, 2.05) is 6.92 Å². The molecule has 8 nitrogen and oxygen atoms in total. The van der Waals surface area contributed by atoms with E-state index in [4.69, 9.17) is 14.2 Å². The lowest BCUT2D eigenvalue weighted by Gasteiger charge is -2.10. The molecule has 0 aromatic heterocycles. The van der Waals surface area contributed by atoms with Gasteiger partial charge in [-0.1, -0.05) is 13.3 Å². The summed E-state index contributed by atoms with van der Waals surface area (Å²) in [7, 11) is 2.92. The van der Waals surface area contributed by atoms with Gasteiger partial charge in [-0.15, -0.1) is 0 Å². The highest BCUT2D eigenvalue weighted by Gasteiger charge is 2.14. The molecule has 0 aliphatic rings. The molecule has 132 valence electrons. The van der Waals surface area contributed by atoms with Crippen LogP contribution in [0, 0.1) is 0 Å². The van der Waals surface area contributed by atoms with Crippen molar-refractivity contribution < 1.29 is 28.6 Å². The van der Waals surface area contributed by atoms with Gasteiger partial charge in [-0.05, 0) is 24.6 Å². The number of imide groups is 1. The monoisotopic (exact) mass is 338 g/mol. The number of hydrogen-bond acceptors (Lipinski definition) is 6. The topological polar surface area (TPSA) is 103 Å². The second-order valence-corrected chi connectivity index (χ2v) is 4.80. The van der Waals surface area contributed by atoms with Crippen molar-refractivity contribution in [2.45, 2.75) is 19.8 Å². The Morgan fingerprint density at radius 2 is 1.79 bits per heavy atom. The molecule has 0 bridgehead atoms. The largest absolute Gasteiger partial charge is 0.493 e. The average molecular weight is 338 g/mol. The summed E-state index contributed by atoms with van der Waals surface area (Å²) >= 11 is 0. The van der Waals surface area contributed by atoms with Crippen LogP contribution in [0.4, 0.5) is 4.79 Å². The normalized spacial score (nSPS) is 9.79. The van der Waals surface area contributed by atoms with E-state index in [1.54, 1.807) is 6.07 Å². The van der Waals surface area contributed by atoms with Gasteiger partial charge in [0.2, 0.25) is 0 Å². The van der Waals surface area contributed by atoms with Gasteiger partial charge in [0, 0.05) is 6.54 Å². The Labute approximate surface area is 140 Å². The fourth-order valence-electron chi connectivity index (χ4n) is 1.76. The van der Waals surface area contributed by atoms with Crippen molar-refractivity contribution in [3.63, 3.8) is 0 Å². The van der Waals surface area contributed by atoms with E-state index in [9.17, 15) is 14.4 Å². The van der Waals surface area contributed by atoms with Crippen LogP contribution in [0.25, 0.3) is 0 Å². The Hall–Kier alpha value is -2.77. The molecule has 3 amide bonds. The lowest BCUT2D eigenvalue weighted by Crippen LogP contribution is -2.41. The second kappa shape index (κ2) is 10.1. The molecular weight excluding hydrogens is 316 g/mol. The fourth-order valence-corrected chi connectivity index (χ4v) is 1.76. The highest BCUT2D eigenvalue weighted by molar-refractivity contribution is 5.97. The highest BCUT2D eigenvalue weighted by Crippen LogP contribution is 2.27. The summed E-state index contributed by atoms with van der Waals surface area (Å²) in [6, 6.07) is 3.86. The third-order valence-corrected chi connectivity index (χ3v) is 3.02.